The van der Waals surface area contributed by atoms with Gasteiger partial charge in [-0.2, -0.15) is 5.10 Å². The SMILES string of the molecule is Cc1cnn(-c2ccccc2Cl)c1. The minimum absolute atomic E-state index is 0.714. The van der Waals surface area contributed by atoms with Gasteiger partial charge in [0.2, 0.25) is 0 Å². The number of nitrogens with zero attached hydrogens (tertiary/aromatic N) is 2. The second kappa shape index (κ2) is 3.23. The van der Waals surface area contributed by atoms with E-state index in [1.54, 1.807) is 4.68 Å². The predicted molar refractivity (Wildman–Crippen MR) is 53.3 cm³/mol. The molecular weight excluding hydrogens is 184 g/mol. The van der Waals surface area contributed by atoms with Crippen LogP contribution in [0.4, 0.5) is 0 Å². The van der Waals surface area contributed by atoms with Crippen LogP contribution in [0.5, 0.6) is 0 Å². The molecule has 3 heteroatoms. The summed E-state index contributed by atoms with van der Waals surface area (Å²) in [5.41, 5.74) is 2.04. The molecule has 0 saturated carbocycles. The van der Waals surface area contributed by atoms with E-state index in [0.29, 0.717) is 5.02 Å². The molecular formula is C10H9ClN2. The maximum atomic E-state index is 6.01. The van der Waals surface area contributed by atoms with Crippen LogP contribution in [0, 0.1) is 6.92 Å². The van der Waals surface area contributed by atoms with Crippen molar-refractivity contribution in [3.05, 3.63) is 47.2 Å². The van der Waals surface area contributed by atoms with Crippen LogP contribution in [-0.4, -0.2) is 9.78 Å². The lowest BCUT2D eigenvalue weighted by Gasteiger charge is -2.02. The van der Waals surface area contributed by atoms with Gasteiger partial charge in [-0.05, 0) is 24.6 Å². The number of hydrogen-bond donors (Lipinski definition) is 0. The molecule has 2 nitrogen and oxygen atoms in total. The fraction of sp³-hybridized carbons (Fsp3) is 0.100. The predicted octanol–water partition coefficient (Wildman–Crippen LogP) is 2.83. The molecule has 0 saturated heterocycles. The van der Waals surface area contributed by atoms with Crippen molar-refractivity contribution in [2.45, 2.75) is 6.92 Å². The van der Waals surface area contributed by atoms with Gasteiger partial charge in [-0.3, -0.25) is 0 Å². The number of benzene rings is 1. The largest absolute Gasteiger partial charge is 0.239 e. The Morgan fingerprint density at radius 1 is 1.31 bits per heavy atom. The van der Waals surface area contributed by atoms with Crippen molar-refractivity contribution in [1.82, 2.24) is 9.78 Å². The van der Waals surface area contributed by atoms with E-state index in [4.69, 9.17) is 11.6 Å². The first kappa shape index (κ1) is 8.32. The van der Waals surface area contributed by atoms with E-state index in [9.17, 15) is 0 Å². The van der Waals surface area contributed by atoms with Crippen molar-refractivity contribution in [1.29, 1.82) is 0 Å². The zero-order valence-electron chi connectivity index (χ0n) is 7.24. The standard InChI is InChI=1S/C10H9ClN2/c1-8-6-12-13(7-8)10-5-3-2-4-9(10)11/h2-7H,1H3. The topological polar surface area (TPSA) is 17.8 Å². The smallest absolute Gasteiger partial charge is 0.0831 e. The molecule has 0 spiro atoms. The number of aryl methyl sites for hydroxylation is 1. The number of hydrogen-bond acceptors (Lipinski definition) is 1. The third-order valence-electron chi connectivity index (χ3n) is 1.81. The van der Waals surface area contributed by atoms with Gasteiger partial charge in [0.1, 0.15) is 0 Å². The molecule has 0 unspecified atom stereocenters. The third-order valence-corrected chi connectivity index (χ3v) is 2.13. The maximum Gasteiger partial charge on any atom is 0.0831 e. The lowest BCUT2D eigenvalue weighted by molar-refractivity contribution is 0.880. The molecule has 0 N–H and O–H groups in total. The first-order chi connectivity index (χ1) is 6.27. The van der Waals surface area contributed by atoms with E-state index in [2.05, 4.69) is 5.10 Å². The van der Waals surface area contributed by atoms with Gasteiger partial charge in [-0.25, -0.2) is 4.68 Å². The Morgan fingerprint density at radius 3 is 2.69 bits per heavy atom. The Labute approximate surface area is 81.8 Å². The minimum atomic E-state index is 0.714. The second-order valence-corrected chi connectivity index (χ2v) is 3.32. The summed E-state index contributed by atoms with van der Waals surface area (Å²) in [7, 11) is 0. The molecule has 0 fully saturated rings. The minimum Gasteiger partial charge on any atom is -0.239 e. The van der Waals surface area contributed by atoms with E-state index < -0.39 is 0 Å². The van der Waals surface area contributed by atoms with E-state index in [1.807, 2.05) is 43.6 Å². The van der Waals surface area contributed by atoms with Crippen LogP contribution in [-0.2, 0) is 0 Å². The van der Waals surface area contributed by atoms with Crippen LogP contribution >= 0.6 is 11.6 Å². The van der Waals surface area contributed by atoms with Crippen molar-refractivity contribution in [2.24, 2.45) is 0 Å². The average molecular weight is 193 g/mol. The Kier molecular flexibility index (Phi) is 2.07. The normalized spacial score (nSPS) is 10.3. The highest BCUT2D eigenvalue weighted by atomic mass is 35.5. The van der Waals surface area contributed by atoms with Crippen molar-refractivity contribution in [2.75, 3.05) is 0 Å². The quantitative estimate of drug-likeness (QED) is 0.680. The summed E-state index contributed by atoms with van der Waals surface area (Å²) >= 11 is 6.01. The highest BCUT2D eigenvalue weighted by molar-refractivity contribution is 6.32. The van der Waals surface area contributed by atoms with Crippen LogP contribution in [0.2, 0.25) is 5.02 Å². The summed E-state index contributed by atoms with van der Waals surface area (Å²) in [5, 5.41) is 4.89. The van der Waals surface area contributed by atoms with Gasteiger partial charge in [0, 0.05) is 6.20 Å². The fourth-order valence-electron chi connectivity index (χ4n) is 1.18. The molecule has 1 heterocycles. The average Bonchev–Trinajstić information content (AvgIpc) is 2.53. The molecule has 1 aromatic heterocycles. The number of rotatable bonds is 1. The molecule has 2 aromatic rings. The summed E-state index contributed by atoms with van der Waals surface area (Å²) < 4.78 is 1.78. The van der Waals surface area contributed by atoms with Crippen LogP contribution in [0.15, 0.2) is 36.7 Å². The van der Waals surface area contributed by atoms with Gasteiger partial charge in [0.15, 0.2) is 0 Å². The molecule has 0 aliphatic carbocycles. The Balaban J connectivity index is 2.52. The molecule has 66 valence electrons. The zero-order valence-corrected chi connectivity index (χ0v) is 7.99. The maximum absolute atomic E-state index is 6.01. The van der Waals surface area contributed by atoms with E-state index in [1.165, 1.54) is 0 Å². The lowest BCUT2D eigenvalue weighted by Crippen LogP contribution is -1.94. The van der Waals surface area contributed by atoms with Gasteiger partial charge in [-0.1, -0.05) is 23.7 Å². The first-order valence-corrected chi connectivity index (χ1v) is 4.41. The molecule has 1 aromatic carbocycles. The molecule has 2 rings (SSSR count). The molecule has 0 aliphatic heterocycles. The van der Waals surface area contributed by atoms with Crippen LogP contribution in [0.25, 0.3) is 5.69 Å². The first-order valence-electron chi connectivity index (χ1n) is 4.03. The van der Waals surface area contributed by atoms with Crippen molar-refractivity contribution in [3.8, 4) is 5.69 Å². The number of aromatic nitrogens is 2. The Bertz CT molecular complexity index is 420. The molecule has 0 aliphatic rings. The Hall–Kier alpha value is -1.28. The van der Waals surface area contributed by atoms with Gasteiger partial charge < -0.3 is 0 Å². The molecule has 0 bridgehead atoms. The fourth-order valence-corrected chi connectivity index (χ4v) is 1.40. The highest BCUT2D eigenvalue weighted by Crippen LogP contribution is 2.18. The van der Waals surface area contributed by atoms with Crippen molar-refractivity contribution in [3.63, 3.8) is 0 Å². The van der Waals surface area contributed by atoms with E-state index >= 15 is 0 Å². The lowest BCUT2D eigenvalue weighted by atomic mass is 10.3. The molecule has 0 atom stereocenters. The molecule has 13 heavy (non-hydrogen) atoms. The van der Waals surface area contributed by atoms with Gasteiger partial charge in [0.05, 0.1) is 16.9 Å². The van der Waals surface area contributed by atoms with E-state index in [-0.39, 0.29) is 0 Å². The Morgan fingerprint density at radius 2 is 2.08 bits per heavy atom. The monoisotopic (exact) mass is 192 g/mol. The second-order valence-electron chi connectivity index (χ2n) is 2.91. The van der Waals surface area contributed by atoms with Gasteiger partial charge in [0.25, 0.3) is 0 Å². The van der Waals surface area contributed by atoms with Crippen molar-refractivity contribution >= 4 is 11.6 Å². The molecule has 0 radical (unpaired) electrons. The summed E-state index contributed by atoms with van der Waals surface area (Å²) in [5.74, 6) is 0. The van der Waals surface area contributed by atoms with Crippen LogP contribution < -0.4 is 0 Å². The van der Waals surface area contributed by atoms with Crippen molar-refractivity contribution < 1.29 is 0 Å². The summed E-state index contributed by atoms with van der Waals surface area (Å²) in [6.07, 6.45) is 3.75. The summed E-state index contributed by atoms with van der Waals surface area (Å²) in [6, 6.07) is 7.64. The zero-order chi connectivity index (χ0) is 9.26. The van der Waals surface area contributed by atoms with Crippen LogP contribution in [0.1, 0.15) is 5.56 Å². The number of halogens is 1. The van der Waals surface area contributed by atoms with Gasteiger partial charge >= 0.3 is 0 Å². The van der Waals surface area contributed by atoms with Gasteiger partial charge in [-0.15, -0.1) is 0 Å². The van der Waals surface area contributed by atoms with E-state index in [0.717, 1.165) is 11.3 Å². The summed E-state index contributed by atoms with van der Waals surface area (Å²) in [4.78, 5) is 0. The van der Waals surface area contributed by atoms with Crippen LogP contribution in [0.3, 0.4) is 0 Å². The summed E-state index contributed by atoms with van der Waals surface area (Å²) in [6.45, 7) is 2.00. The molecule has 0 amide bonds. The highest BCUT2D eigenvalue weighted by Gasteiger charge is 2.01. The third kappa shape index (κ3) is 1.58. The number of para-hydroxylation sites is 1.